The molecule has 3 aromatic rings. The second-order valence-corrected chi connectivity index (χ2v) is 7.61. The molecule has 8 heteroatoms. The lowest BCUT2D eigenvalue weighted by molar-refractivity contribution is -0.118. The van der Waals surface area contributed by atoms with Crippen LogP contribution in [0.2, 0.25) is 5.02 Å². The summed E-state index contributed by atoms with van der Waals surface area (Å²) in [5.74, 6) is 0.214. The average Bonchev–Trinajstić information content (AvgIpc) is 3.02. The van der Waals surface area contributed by atoms with Crippen molar-refractivity contribution in [2.45, 2.75) is 18.9 Å². The number of benzene rings is 2. The number of carbonyl (C=O) groups excluding carboxylic acids is 2. The van der Waals surface area contributed by atoms with E-state index in [0.717, 1.165) is 16.8 Å². The molecule has 2 N–H and O–H groups in total. The molecule has 0 aliphatic carbocycles. The quantitative estimate of drug-likeness (QED) is 0.673. The number of aryl methyl sites for hydroxylation is 2. The van der Waals surface area contributed by atoms with Gasteiger partial charge in [-0.25, -0.2) is 0 Å². The lowest BCUT2D eigenvalue weighted by Crippen LogP contribution is -2.50. The predicted molar refractivity (Wildman–Crippen MR) is 114 cm³/mol. The maximum absolute atomic E-state index is 13.1. The average molecular weight is 425 g/mol. The maximum atomic E-state index is 13.1. The molecule has 0 spiro atoms. The molecule has 2 amide bonds. The van der Waals surface area contributed by atoms with Gasteiger partial charge in [0.15, 0.2) is 0 Å². The van der Waals surface area contributed by atoms with Crippen molar-refractivity contribution in [2.75, 3.05) is 12.4 Å². The van der Waals surface area contributed by atoms with Gasteiger partial charge in [0.25, 0.3) is 5.91 Å². The molecule has 7 nitrogen and oxygen atoms in total. The van der Waals surface area contributed by atoms with Gasteiger partial charge in [-0.1, -0.05) is 23.7 Å². The van der Waals surface area contributed by atoms with Crippen LogP contribution in [0.4, 0.5) is 5.82 Å². The number of anilines is 1. The number of hydrogen-bond acceptors (Lipinski definition) is 4. The number of fused-ring (bicyclic) bond motifs is 1. The van der Waals surface area contributed by atoms with E-state index in [9.17, 15) is 9.59 Å². The van der Waals surface area contributed by atoms with E-state index < -0.39 is 12.0 Å². The Balaban J connectivity index is 1.78. The van der Waals surface area contributed by atoms with Gasteiger partial charge in [-0.15, -0.1) is 0 Å². The summed E-state index contributed by atoms with van der Waals surface area (Å²) >= 11 is 5.92. The van der Waals surface area contributed by atoms with Crippen LogP contribution in [0.1, 0.15) is 33.1 Å². The van der Waals surface area contributed by atoms with Crippen LogP contribution in [-0.2, 0) is 11.8 Å². The number of methoxy groups -OCH3 is 1. The second-order valence-electron chi connectivity index (χ2n) is 7.17. The van der Waals surface area contributed by atoms with Crippen molar-refractivity contribution in [3.8, 4) is 5.75 Å². The Hall–Kier alpha value is -3.32. The molecule has 154 valence electrons. The largest absolute Gasteiger partial charge is 0.497 e. The molecule has 30 heavy (non-hydrogen) atoms. The van der Waals surface area contributed by atoms with E-state index in [4.69, 9.17) is 16.3 Å². The van der Waals surface area contributed by atoms with Crippen molar-refractivity contribution in [3.05, 3.63) is 75.9 Å². The summed E-state index contributed by atoms with van der Waals surface area (Å²) in [6, 6.07) is 13.2. The first kappa shape index (κ1) is 20.0. The van der Waals surface area contributed by atoms with Gasteiger partial charge >= 0.3 is 0 Å². The predicted octanol–water partition coefficient (Wildman–Crippen LogP) is 3.27. The molecule has 1 aliphatic heterocycles. The summed E-state index contributed by atoms with van der Waals surface area (Å²) in [7, 11) is 3.37. The van der Waals surface area contributed by atoms with Crippen molar-refractivity contribution in [2.24, 2.45) is 7.05 Å². The highest BCUT2D eigenvalue weighted by molar-refractivity contribution is 6.30. The Labute approximate surface area is 179 Å². The third kappa shape index (κ3) is 3.52. The molecule has 4 rings (SSSR count). The molecule has 1 aromatic heterocycles. The molecule has 0 radical (unpaired) electrons. The number of rotatable bonds is 4. The van der Waals surface area contributed by atoms with Crippen molar-refractivity contribution in [3.63, 3.8) is 0 Å². The minimum atomic E-state index is -0.823. The van der Waals surface area contributed by atoms with E-state index in [1.807, 2.05) is 31.2 Å². The molecule has 0 fully saturated rings. The molecule has 1 aliphatic rings. The Morgan fingerprint density at radius 1 is 1.23 bits per heavy atom. The van der Waals surface area contributed by atoms with Crippen molar-refractivity contribution >= 4 is 29.2 Å². The summed E-state index contributed by atoms with van der Waals surface area (Å²) in [6.07, 6.45) is 0. The van der Waals surface area contributed by atoms with Gasteiger partial charge < -0.3 is 15.4 Å². The molecule has 0 saturated heterocycles. The smallest absolute Gasteiger partial charge is 0.251 e. The van der Waals surface area contributed by atoms with Crippen LogP contribution < -0.4 is 15.4 Å². The molecule has 2 atom stereocenters. The third-order valence-corrected chi connectivity index (χ3v) is 5.53. The summed E-state index contributed by atoms with van der Waals surface area (Å²) in [6.45, 7) is 1.89. The lowest BCUT2D eigenvalue weighted by atomic mass is 9.81. The van der Waals surface area contributed by atoms with E-state index >= 15 is 0 Å². The first-order chi connectivity index (χ1) is 14.4. The number of hydrogen-bond donors (Lipinski definition) is 2. The Bertz CT molecular complexity index is 1120. The zero-order valence-electron chi connectivity index (χ0n) is 16.8. The van der Waals surface area contributed by atoms with Crippen LogP contribution in [-0.4, -0.2) is 34.7 Å². The van der Waals surface area contributed by atoms with Crippen LogP contribution >= 0.6 is 11.6 Å². The number of aromatic nitrogens is 2. The Morgan fingerprint density at radius 3 is 2.67 bits per heavy atom. The fraction of sp³-hybridized carbons (Fsp3) is 0.227. The monoisotopic (exact) mass is 424 g/mol. The van der Waals surface area contributed by atoms with Gasteiger partial charge in [0.1, 0.15) is 17.6 Å². The standard InChI is InChI=1S/C22H21ClN4O3/c1-12-17-18(14-5-4-6-16(11-14)30-3)19(22(29)25-20(17)27(2)26-12)24-21(28)13-7-9-15(23)10-8-13/h4-11,18-19H,1-3H3,(H,24,28)(H,25,29)/t18-,19+/m1/s1. The van der Waals surface area contributed by atoms with Gasteiger partial charge in [0, 0.05) is 29.1 Å². The minimum Gasteiger partial charge on any atom is -0.497 e. The highest BCUT2D eigenvalue weighted by Crippen LogP contribution is 2.40. The Morgan fingerprint density at radius 2 is 1.97 bits per heavy atom. The van der Waals surface area contributed by atoms with E-state index in [-0.39, 0.29) is 11.8 Å². The van der Waals surface area contributed by atoms with Crippen LogP contribution in [0, 0.1) is 6.92 Å². The number of halogens is 1. The van der Waals surface area contributed by atoms with Gasteiger partial charge in [-0.2, -0.15) is 5.10 Å². The van der Waals surface area contributed by atoms with Gasteiger partial charge in [0.2, 0.25) is 5.91 Å². The summed E-state index contributed by atoms with van der Waals surface area (Å²) in [5.41, 5.74) is 2.92. The normalized spacial score (nSPS) is 17.8. The zero-order valence-corrected chi connectivity index (χ0v) is 17.5. The fourth-order valence-corrected chi connectivity index (χ4v) is 4.00. The van der Waals surface area contributed by atoms with Crippen molar-refractivity contribution < 1.29 is 14.3 Å². The van der Waals surface area contributed by atoms with Crippen LogP contribution in [0.15, 0.2) is 48.5 Å². The van der Waals surface area contributed by atoms with E-state index in [1.54, 1.807) is 43.1 Å². The van der Waals surface area contributed by atoms with E-state index in [2.05, 4.69) is 15.7 Å². The zero-order chi connectivity index (χ0) is 21.4. The SMILES string of the molecule is COc1cccc([C@@H]2c3c(C)nn(C)c3NC(=O)[C@H]2NC(=O)c2ccc(Cl)cc2)c1. The first-order valence-electron chi connectivity index (χ1n) is 9.43. The molecule has 2 heterocycles. The summed E-state index contributed by atoms with van der Waals surface area (Å²) in [4.78, 5) is 26.0. The summed E-state index contributed by atoms with van der Waals surface area (Å²) in [5, 5.41) is 10.8. The number of carbonyl (C=O) groups is 2. The highest BCUT2D eigenvalue weighted by Gasteiger charge is 2.41. The van der Waals surface area contributed by atoms with E-state index in [0.29, 0.717) is 22.2 Å². The van der Waals surface area contributed by atoms with Crippen LogP contribution in [0.25, 0.3) is 0 Å². The minimum absolute atomic E-state index is 0.305. The number of ether oxygens (including phenoxy) is 1. The van der Waals surface area contributed by atoms with E-state index in [1.165, 1.54) is 0 Å². The summed E-state index contributed by atoms with van der Waals surface area (Å²) < 4.78 is 7.02. The lowest BCUT2D eigenvalue weighted by Gasteiger charge is -2.32. The fourth-order valence-electron chi connectivity index (χ4n) is 3.88. The highest BCUT2D eigenvalue weighted by atomic mass is 35.5. The molecular formula is C22H21ClN4O3. The van der Waals surface area contributed by atoms with Gasteiger partial charge in [-0.05, 0) is 48.9 Å². The topological polar surface area (TPSA) is 85.2 Å². The number of nitrogens with one attached hydrogen (secondary N) is 2. The van der Waals surface area contributed by atoms with Gasteiger partial charge in [-0.3, -0.25) is 14.3 Å². The van der Waals surface area contributed by atoms with Crippen molar-refractivity contribution in [1.82, 2.24) is 15.1 Å². The van der Waals surface area contributed by atoms with Crippen LogP contribution in [0.5, 0.6) is 5.75 Å². The first-order valence-corrected chi connectivity index (χ1v) is 9.81. The Kier molecular flexibility index (Phi) is 5.22. The molecule has 0 bridgehead atoms. The second kappa shape index (κ2) is 7.84. The number of nitrogens with zero attached hydrogens (tertiary/aromatic N) is 2. The van der Waals surface area contributed by atoms with Crippen molar-refractivity contribution in [1.29, 1.82) is 0 Å². The van der Waals surface area contributed by atoms with Crippen LogP contribution in [0.3, 0.4) is 0 Å². The number of amides is 2. The molecule has 0 saturated carbocycles. The molecule has 0 unspecified atom stereocenters. The maximum Gasteiger partial charge on any atom is 0.251 e. The molecular weight excluding hydrogens is 404 g/mol. The molecule has 2 aromatic carbocycles. The third-order valence-electron chi connectivity index (χ3n) is 5.28. The van der Waals surface area contributed by atoms with Gasteiger partial charge in [0.05, 0.1) is 12.8 Å².